The predicted octanol–water partition coefficient (Wildman–Crippen LogP) is 2.39. The van der Waals surface area contributed by atoms with Gasteiger partial charge < -0.3 is 9.84 Å². The van der Waals surface area contributed by atoms with E-state index in [1.54, 1.807) is 12.1 Å². The van der Waals surface area contributed by atoms with E-state index in [0.717, 1.165) is 11.1 Å². The van der Waals surface area contributed by atoms with Gasteiger partial charge in [0.05, 0.1) is 13.2 Å². The third-order valence-electron chi connectivity index (χ3n) is 3.78. The zero-order valence-corrected chi connectivity index (χ0v) is 15.0. The molecule has 0 aliphatic carbocycles. The Hall–Kier alpha value is -1.11. The molecule has 0 unspecified atom stereocenters. The van der Waals surface area contributed by atoms with Gasteiger partial charge in [-0.2, -0.15) is 0 Å². The summed E-state index contributed by atoms with van der Waals surface area (Å²) in [6.07, 6.45) is -0.215. The van der Waals surface area contributed by atoms with E-state index in [1.807, 2.05) is 34.6 Å². The minimum atomic E-state index is -3.67. The van der Waals surface area contributed by atoms with E-state index in [4.69, 9.17) is 4.74 Å². The van der Waals surface area contributed by atoms with E-state index in [-0.39, 0.29) is 16.9 Å². The lowest BCUT2D eigenvalue weighted by Gasteiger charge is -2.25. The maximum atomic E-state index is 12.4. The first-order valence-corrected chi connectivity index (χ1v) is 8.80. The number of methoxy groups -OCH3 is 1. The third kappa shape index (κ3) is 4.69. The van der Waals surface area contributed by atoms with Crippen LogP contribution in [-0.4, -0.2) is 33.3 Å². The molecule has 1 rings (SSSR count). The molecule has 0 aliphatic heterocycles. The number of benzene rings is 1. The van der Waals surface area contributed by atoms with Gasteiger partial charge in [0.1, 0.15) is 10.6 Å². The van der Waals surface area contributed by atoms with Crippen molar-refractivity contribution in [2.45, 2.75) is 52.0 Å². The molecule has 1 aromatic rings. The molecule has 0 spiro atoms. The van der Waals surface area contributed by atoms with E-state index in [0.29, 0.717) is 12.2 Å². The second kappa shape index (κ2) is 6.98. The van der Waals surface area contributed by atoms with E-state index < -0.39 is 16.1 Å². The summed E-state index contributed by atoms with van der Waals surface area (Å²) in [4.78, 5) is 0.128. The Morgan fingerprint density at radius 2 is 1.77 bits per heavy atom. The summed E-state index contributed by atoms with van der Waals surface area (Å²) in [7, 11) is -2.22. The highest BCUT2D eigenvalue weighted by atomic mass is 32.2. The molecule has 5 nitrogen and oxygen atoms in total. The van der Waals surface area contributed by atoms with E-state index in [1.165, 1.54) is 7.11 Å². The van der Waals surface area contributed by atoms with E-state index in [2.05, 4.69) is 4.72 Å². The van der Waals surface area contributed by atoms with Crippen molar-refractivity contribution < 1.29 is 18.3 Å². The number of aliphatic hydroxyl groups is 1. The number of aliphatic hydroxyl groups excluding tert-OH is 1. The Kier molecular flexibility index (Phi) is 6.01. The zero-order valence-electron chi connectivity index (χ0n) is 14.2. The molecule has 0 aromatic heterocycles. The molecule has 126 valence electrons. The molecule has 0 bridgehead atoms. The minimum Gasteiger partial charge on any atom is -0.495 e. The minimum absolute atomic E-state index is 0.128. The lowest BCUT2D eigenvalue weighted by Crippen LogP contribution is -2.32. The molecule has 2 N–H and O–H groups in total. The van der Waals surface area contributed by atoms with Crippen LogP contribution in [-0.2, 0) is 10.0 Å². The molecular weight excluding hydrogens is 302 g/mol. The molecule has 0 heterocycles. The Balaban J connectivity index is 2.90. The highest BCUT2D eigenvalue weighted by molar-refractivity contribution is 7.89. The van der Waals surface area contributed by atoms with Gasteiger partial charge >= 0.3 is 0 Å². The topological polar surface area (TPSA) is 75.6 Å². The molecule has 1 atom stereocenters. The number of rotatable bonds is 6. The molecule has 6 heteroatoms. The quantitative estimate of drug-likeness (QED) is 0.840. The van der Waals surface area contributed by atoms with Crippen LogP contribution in [0.3, 0.4) is 0 Å². The number of ether oxygens (including phenoxy) is 1. The monoisotopic (exact) mass is 329 g/mol. The smallest absolute Gasteiger partial charge is 0.244 e. The van der Waals surface area contributed by atoms with Gasteiger partial charge in [-0.1, -0.05) is 20.8 Å². The summed E-state index contributed by atoms with van der Waals surface area (Å²) >= 11 is 0. The summed E-state index contributed by atoms with van der Waals surface area (Å²) in [5.41, 5.74) is 1.58. The predicted molar refractivity (Wildman–Crippen MR) is 87.7 cm³/mol. The van der Waals surface area contributed by atoms with Gasteiger partial charge in [-0.05, 0) is 48.9 Å². The first-order valence-electron chi connectivity index (χ1n) is 7.32. The van der Waals surface area contributed by atoms with Crippen molar-refractivity contribution in [2.24, 2.45) is 5.41 Å². The van der Waals surface area contributed by atoms with Crippen molar-refractivity contribution in [1.82, 2.24) is 4.72 Å². The largest absolute Gasteiger partial charge is 0.495 e. The first-order chi connectivity index (χ1) is 9.99. The van der Waals surface area contributed by atoms with Crippen LogP contribution in [0.5, 0.6) is 5.75 Å². The van der Waals surface area contributed by atoms with Crippen molar-refractivity contribution >= 4 is 10.0 Å². The summed E-state index contributed by atoms with van der Waals surface area (Å²) in [6, 6.07) is 3.32. The molecule has 1 aromatic carbocycles. The zero-order chi connectivity index (χ0) is 17.1. The van der Waals surface area contributed by atoms with Crippen molar-refractivity contribution in [2.75, 3.05) is 13.7 Å². The Labute approximate surface area is 133 Å². The van der Waals surface area contributed by atoms with Gasteiger partial charge in [0, 0.05) is 6.54 Å². The van der Waals surface area contributed by atoms with Gasteiger partial charge in [-0.3, -0.25) is 0 Å². The van der Waals surface area contributed by atoms with Crippen LogP contribution in [0.4, 0.5) is 0 Å². The summed E-state index contributed by atoms with van der Waals surface area (Å²) in [5.74, 6) is 0.326. The lowest BCUT2D eigenvalue weighted by atomic mass is 9.87. The highest BCUT2D eigenvalue weighted by Crippen LogP contribution is 2.27. The van der Waals surface area contributed by atoms with Crippen LogP contribution < -0.4 is 9.46 Å². The van der Waals surface area contributed by atoms with Crippen molar-refractivity contribution in [1.29, 1.82) is 0 Å². The molecular formula is C16H27NO4S. The maximum absolute atomic E-state index is 12.4. The average molecular weight is 329 g/mol. The van der Waals surface area contributed by atoms with Gasteiger partial charge in [0.2, 0.25) is 10.0 Å². The van der Waals surface area contributed by atoms with Crippen molar-refractivity contribution in [3.05, 3.63) is 23.3 Å². The average Bonchev–Trinajstić information content (AvgIpc) is 2.39. The molecule has 0 radical (unpaired) electrons. The van der Waals surface area contributed by atoms with Crippen LogP contribution in [0.1, 0.15) is 38.3 Å². The summed E-state index contributed by atoms with van der Waals surface area (Å²) < 4.78 is 32.6. The Bertz CT molecular complexity index is 618. The highest BCUT2D eigenvalue weighted by Gasteiger charge is 2.24. The van der Waals surface area contributed by atoms with Gasteiger partial charge in [0.15, 0.2) is 0 Å². The SMILES string of the molecule is COc1cc(C)c(C)cc1S(=O)(=O)NCC[C@H](O)C(C)(C)C. The number of aryl methyl sites for hydroxylation is 2. The fourth-order valence-electron chi connectivity index (χ4n) is 1.97. The molecule has 0 aliphatic rings. The normalized spacial score (nSPS) is 14.0. The van der Waals surface area contributed by atoms with Crippen molar-refractivity contribution in [3.8, 4) is 5.75 Å². The van der Waals surface area contributed by atoms with Gasteiger partial charge in [-0.25, -0.2) is 13.1 Å². The van der Waals surface area contributed by atoms with Gasteiger partial charge in [0.25, 0.3) is 0 Å². The molecule has 0 fully saturated rings. The summed E-state index contributed by atoms with van der Waals surface area (Å²) in [6.45, 7) is 9.69. The third-order valence-corrected chi connectivity index (χ3v) is 5.26. The number of sulfonamides is 1. The van der Waals surface area contributed by atoms with E-state index >= 15 is 0 Å². The fraction of sp³-hybridized carbons (Fsp3) is 0.625. The summed E-state index contributed by atoms with van der Waals surface area (Å²) in [5, 5.41) is 9.97. The number of hydrogen-bond acceptors (Lipinski definition) is 4. The first kappa shape index (κ1) is 18.9. The lowest BCUT2D eigenvalue weighted by molar-refractivity contribution is 0.0571. The van der Waals surface area contributed by atoms with Gasteiger partial charge in [-0.15, -0.1) is 0 Å². The molecule has 22 heavy (non-hydrogen) atoms. The molecule has 0 amide bonds. The van der Waals surface area contributed by atoms with Crippen molar-refractivity contribution in [3.63, 3.8) is 0 Å². The van der Waals surface area contributed by atoms with Crippen LogP contribution >= 0.6 is 0 Å². The maximum Gasteiger partial charge on any atom is 0.244 e. The molecule has 0 saturated carbocycles. The Morgan fingerprint density at radius 1 is 1.23 bits per heavy atom. The number of nitrogens with one attached hydrogen (secondary N) is 1. The van der Waals surface area contributed by atoms with Crippen LogP contribution in [0.25, 0.3) is 0 Å². The number of hydrogen-bond donors (Lipinski definition) is 2. The second-order valence-corrected chi connectivity index (χ2v) is 8.39. The Morgan fingerprint density at radius 3 is 2.27 bits per heavy atom. The standard InChI is InChI=1S/C16H27NO4S/c1-11-9-13(21-6)14(10-12(11)2)22(19,20)17-8-7-15(18)16(3,4)5/h9-10,15,17-18H,7-8H2,1-6H3/t15-/m0/s1. The second-order valence-electron chi connectivity index (χ2n) is 6.66. The molecule has 0 saturated heterocycles. The van der Waals surface area contributed by atoms with E-state index in [9.17, 15) is 13.5 Å². The van der Waals surface area contributed by atoms with Crippen LogP contribution in [0.2, 0.25) is 0 Å². The van der Waals surface area contributed by atoms with Crippen LogP contribution in [0, 0.1) is 19.3 Å². The van der Waals surface area contributed by atoms with Crippen LogP contribution in [0.15, 0.2) is 17.0 Å². The fourth-order valence-corrected chi connectivity index (χ4v) is 3.25.